The lowest BCUT2D eigenvalue weighted by molar-refractivity contribution is -0.340. The molecule has 16 atom stereocenters. The highest BCUT2D eigenvalue weighted by Gasteiger charge is 2.54. The summed E-state index contributed by atoms with van der Waals surface area (Å²) in [7, 11) is 6.81. The van der Waals surface area contributed by atoms with E-state index >= 15 is 0 Å². The number of β-amino-alcohol motifs (C(OH)–C–C–N with tert-alkyl or cyclic N) is 1. The summed E-state index contributed by atoms with van der Waals surface area (Å²) in [5.41, 5.74) is 0.433. The van der Waals surface area contributed by atoms with E-state index in [4.69, 9.17) is 37.9 Å². The molecule has 3 saturated heterocycles. The van der Waals surface area contributed by atoms with Crippen LogP contribution < -0.4 is 0 Å². The van der Waals surface area contributed by atoms with Crippen LogP contribution in [0, 0.1) is 23.7 Å². The van der Waals surface area contributed by atoms with E-state index < -0.39 is 115 Å². The van der Waals surface area contributed by atoms with Crippen molar-refractivity contribution in [3.05, 3.63) is 54.2 Å². The summed E-state index contributed by atoms with van der Waals surface area (Å²) in [5.74, 6) is -3.96. The molecule has 2 aromatic rings. The highest BCUT2D eigenvalue weighted by Crippen LogP contribution is 2.39. The number of allylic oxidation sites excluding steroid dienone is 1. The molecule has 18 nitrogen and oxygen atoms in total. The van der Waals surface area contributed by atoms with Crippen molar-refractivity contribution >= 4 is 35.1 Å². The van der Waals surface area contributed by atoms with Crippen LogP contribution in [0.3, 0.4) is 0 Å². The van der Waals surface area contributed by atoms with Gasteiger partial charge in [0.05, 0.1) is 61.2 Å². The maximum atomic E-state index is 13.8. The monoisotopic (exact) mass is 986 g/mol. The number of aliphatic hydroxyl groups excluding tert-OH is 2. The molecule has 0 amide bonds. The molecule has 1 aromatic heterocycles. The van der Waals surface area contributed by atoms with Crippen molar-refractivity contribution in [2.75, 3.05) is 54.6 Å². The van der Waals surface area contributed by atoms with Crippen molar-refractivity contribution in [3.8, 4) is 0 Å². The fourth-order valence-corrected chi connectivity index (χ4v) is 10.3. The first-order valence-corrected chi connectivity index (χ1v) is 24.8. The van der Waals surface area contributed by atoms with E-state index in [1.54, 1.807) is 46.7 Å². The molecule has 0 bridgehead atoms. The Labute approximate surface area is 413 Å². The summed E-state index contributed by atoms with van der Waals surface area (Å²) in [6, 6.07) is 9.25. The second kappa shape index (κ2) is 26.7. The molecule has 0 spiro atoms. The molecule has 0 radical (unpaired) electrons. The lowest BCUT2D eigenvalue weighted by atomic mass is 9.80. The van der Waals surface area contributed by atoms with E-state index in [0.29, 0.717) is 25.9 Å². The van der Waals surface area contributed by atoms with Crippen LogP contribution in [0.15, 0.2) is 48.7 Å². The first-order valence-electron chi connectivity index (χ1n) is 24.8. The lowest BCUT2D eigenvalue weighted by Crippen LogP contribution is -2.65. The molecule has 3 fully saturated rings. The number of pyridine rings is 1. The predicted octanol–water partition coefficient (Wildman–Crippen LogP) is 4.02. The number of ether oxygens (including phenoxy) is 8. The Bertz CT molecular complexity index is 2020. The van der Waals surface area contributed by atoms with Gasteiger partial charge in [-0.1, -0.05) is 44.2 Å². The zero-order chi connectivity index (χ0) is 51.3. The van der Waals surface area contributed by atoms with E-state index in [0.717, 1.165) is 22.8 Å². The Kier molecular flexibility index (Phi) is 21.7. The highest BCUT2D eigenvalue weighted by atomic mass is 16.7. The molecule has 1 aromatic carbocycles. The third kappa shape index (κ3) is 15.3. The number of likely N-dealkylation sites (N-methyl/N-ethyl adjacent to an activating group) is 2. The van der Waals surface area contributed by atoms with Gasteiger partial charge in [0.1, 0.15) is 36.6 Å². The molecular formula is C52H79N3O15. The maximum absolute atomic E-state index is 13.8. The number of fused-ring (bicyclic) bond motifs is 1. The molecule has 1 unspecified atom stereocenters. The van der Waals surface area contributed by atoms with Crippen LogP contribution in [-0.2, 0) is 63.5 Å². The molecular weight excluding hydrogens is 907 g/mol. The second-order valence-electron chi connectivity index (χ2n) is 19.8. The van der Waals surface area contributed by atoms with E-state index in [2.05, 4.69) is 23.2 Å². The number of hydrogen-bond acceptors (Lipinski definition) is 18. The standard InChI is InChI=1S/C52H79N3O15/c1-11-41(58)68-40-26-42(59)65-23-21-34(16-15-17-35-25-36-18-13-14-19-38(36)53-28-35)29-55(9)30-39(57)31(3)24-37(20-22-56)48(49(40)63-10)70-51-46(60)45(54(7)8)47(33(5)67-51)69-43-27-52(6,62)44(32(4)66-43)50(61)64-12-2/h13-16,18-19,22,25,28,31-34,37,39-40,43-49,51,57,60,62H,11-12,17,20-21,23-24,26-27,29-30H2,1-10H3/b16-15-/t31-,32+,33-,34?,37+,39+,40-,43+,44-,45-,46-,47-,48+,49+,51+,52-/m1/s1. The minimum atomic E-state index is -1.54. The Hall–Kier alpha value is -3.95. The average molecular weight is 986 g/mol. The SMILES string of the molecule is CCOC(=O)[C@H]1[C@H](C)O[C@@H](O[C@H]2[C@H](N(C)C)[C@@H](O)[C@H](O[C@H]3[C@@H](CC=O)C[C@@H](C)[C@@H](O)CN(C)CC(/C=C\Cc4cnc5ccccc5c4)CCOC(=O)C[C@@H](OC(=O)CC)[C@@H]3OC)O[C@@H]2C)C[C@@]1(C)O. The first-order chi connectivity index (χ1) is 33.3. The number of hydrogen-bond donors (Lipinski definition) is 3. The molecule has 3 N–H and O–H groups in total. The number of esters is 3. The highest BCUT2D eigenvalue weighted by molar-refractivity contribution is 5.78. The summed E-state index contributed by atoms with van der Waals surface area (Å²) in [4.78, 5) is 60.6. The normalized spacial score (nSPS) is 35.6. The molecule has 5 rings (SSSR count). The number of aldehydes is 1. The van der Waals surface area contributed by atoms with Crippen molar-refractivity contribution in [1.29, 1.82) is 0 Å². The van der Waals surface area contributed by atoms with Gasteiger partial charge in [-0.2, -0.15) is 0 Å². The second-order valence-corrected chi connectivity index (χ2v) is 19.8. The Morgan fingerprint density at radius 3 is 2.44 bits per heavy atom. The molecule has 0 saturated carbocycles. The number of carbonyl (C=O) groups excluding carboxylic acids is 4. The smallest absolute Gasteiger partial charge is 0.314 e. The van der Waals surface area contributed by atoms with Crippen LogP contribution in [0.1, 0.15) is 85.6 Å². The van der Waals surface area contributed by atoms with Gasteiger partial charge in [0.2, 0.25) is 0 Å². The number of carbonyl (C=O) groups is 4. The van der Waals surface area contributed by atoms with E-state index in [-0.39, 0.29) is 44.8 Å². The minimum absolute atomic E-state index is 0.0123. The summed E-state index contributed by atoms with van der Waals surface area (Å²) in [5, 5.41) is 36.5. The van der Waals surface area contributed by atoms with Gasteiger partial charge < -0.3 is 67.8 Å². The molecule has 4 heterocycles. The largest absolute Gasteiger partial charge is 0.466 e. The van der Waals surface area contributed by atoms with Crippen molar-refractivity contribution in [3.63, 3.8) is 0 Å². The van der Waals surface area contributed by atoms with Crippen LogP contribution in [0.2, 0.25) is 0 Å². The lowest BCUT2D eigenvalue weighted by Gasteiger charge is -2.50. The van der Waals surface area contributed by atoms with Crippen LogP contribution in [0.4, 0.5) is 0 Å². The Morgan fingerprint density at radius 1 is 1.03 bits per heavy atom. The topological polar surface area (TPSA) is 222 Å². The van der Waals surface area contributed by atoms with E-state index in [1.807, 2.05) is 49.3 Å². The molecule has 70 heavy (non-hydrogen) atoms. The third-order valence-electron chi connectivity index (χ3n) is 13.9. The number of rotatable bonds is 15. The summed E-state index contributed by atoms with van der Waals surface area (Å²) < 4.78 is 49.0. The van der Waals surface area contributed by atoms with E-state index in [1.165, 1.54) is 14.0 Å². The minimum Gasteiger partial charge on any atom is -0.466 e. The number of nitrogens with zero attached hydrogens (tertiary/aromatic N) is 3. The number of cyclic esters (lactones) is 1. The Morgan fingerprint density at radius 2 is 1.77 bits per heavy atom. The van der Waals surface area contributed by atoms with Crippen LogP contribution in [0.25, 0.3) is 10.9 Å². The number of aromatic nitrogens is 1. The van der Waals surface area contributed by atoms with Crippen molar-refractivity contribution in [2.24, 2.45) is 23.7 Å². The molecule has 0 aliphatic carbocycles. The van der Waals surface area contributed by atoms with Crippen molar-refractivity contribution < 1.29 is 72.4 Å². The van der Waals surface area contributed by atoms with E-state index in [9.17, 15) is 34.5 Å². The van der Waals surface area contributed by atoms with Gasteiger partial charge in [0.15, 0.2) is 12.6 Å². The van der Waals surface area contributed by atoms with Gasteiger partial charge in [-0.25, -0.2) is 0 Å². The quantitative estimate of drug-likeness (QED) is 0.0993. The molecule has 3 aliphatic rings. The van der Waals surface area contributed by atoms with Crippen LogP contribution in [0.5, 0.6) is 0 Å². The van der Waals surface area contributed by atoms with Gasteiger partial charge in [-0.05, 0) is 104 Å². The van der Waals surface area contributed by atoms with Gasteiger partial charge >= 0.3 is 17.9 Å². The van der Waals surface area contributed by atoms with Gasteiger partial charge in [0.25, 0.3) is 0 Å². The van der Waals surface area contributed by atoms with Crippen LogP contribution in [-0.4, -0.2) is 182 Å². The third-order valence-corrected chi connectivity index (χ3v) is 13.9. The van der Waals surface area contributed by atoms with Gasteiger partial charge in [-0.3, -0.25) is 19.4 Å². The van der Waals surface area contributed by atoms with Gasteiger partial charge in [0, 0.05) is 51.0 Å². The number of benzene rings is 1. The zero-order valence-corrected chi connectivity index (χ0v) is 42.7. The Balaban J connectivity index is 1.40. The molecule has 3 aliphatic heterocycles. The average Bonchev–Trinajstić information content (AvgIpc) is 3.29. The van der Waals surface area contributed by atoms with Crippen LogP contribution >= 0.6 is 0 Å². The fraction of sp³-hybridized carbons (Fsp3) is 0.712. The number of para-hydroxylation sites is 1. The summed E-state index contributed by atoms with van der Waals surface area (Å²) >= 11 is 0. The number of methoxy groups -OCH3 is 1. The van der Waals surface area contributed by atoms with Gasteiger partial charge in [-0.15, -0.1) is 0 Å². The molecule has 18 heteroatoms. The van der Waals surface area contributed by atoms with Crippen molar-refractivity contribution in [2.45, 2.75) is 160 Å². The molecule has 392 valence electrons. The predicted molar refractivity (Wildman–Crippen MR) is 258 cm³/mol. The summed E-state index contributed by atoms with van der Waals surface area (Å²) in [6.45, 7) is 11.2. The maximum Gasteiger partial charge on any atom is 0.314 e. The first kappa shape index (κ1) is 57.0. The number of aliphatic hydroxyl groups is 3. The summed E-state index contributed by atoms with van der Waals surface area (Å²) in [6.07, 6.45) is -3.10. The fourth-order valence-electron chi connectivity index (χ4n) is 10.3. The zero-order valence-electron chi connectivity index (χ0n) is 42.7. The van der Waals surface area contributed by atoms with Crippen molar-refractivity contribution in [1.82, 2.24) is 14.8 Å².